The summed E-state index contributed by atoms with van der Waals surface area (Å²) in [5.74, 6) is 0.323. The average molecular weight is 289 g/mol. The van der Waals surface area contributed by atoms with Gasteiger partial charge in [-0.25, -0.2) is 9.67 Å². The maximum atomic E-state index is 11.0. The third kappa shape index (κ3) is 3.21. The van der Waals surface area contributed by atoms with Gasteiger partial charge in [0.15, 0.2) is 11.6 Å². The van der Waals surface area contributed by atoms with Crippen molar-refractivity contribution in [3.63, 3.8) is 0 Å². The zero-order valence-electron chi connectivity index (χ0n) is 12.6. The van der Waals surface area contributed by atoms with Crippen LogP contribution in [0.1, 0.15) is 30.8 Å². The molecule has 2 aromatic heterocycles. The van der Waals surface area contributed by atoms with Crippen molar-refractivity contribution in [3.05, 3.63) is 35.3 Å². The Morgan fingerprint density at radius 1 is 1.43 bits per heavy atom. The first-order chi connectivity index (χ1) is 9.90. The number of aliphatic carboxylic acids is 1. The van der Waals surface area contributed by atoms with Crippen LogP contribution in [0.5, 0.6) is 5.75 Å². The molecule has 2 rings (SSSR count). The second kappa shape index (κ2) is 5.95. The van der Waals surface area contributed by atoms with Gasteiger partial charge in [-0.05, 0) is 39.8 Å². The van der Waals surface area contributed by atoms with Crippen LogP contribution in [-0.2, 0) is 11.2 Å². The minimum absolute atomic E-state index is 0.0170. The zero-order chi connectivity index (χ0) is 15.6. The molecule has 0 aliphatic rings. The molecule has 0 saturated heterocycles. The van der Waals surface area contributed by atoms with Crippen LogP contribution in [0.15, 0.2) is 18.3 Å². The van der Waals surface area contributed by atoms with Crippen molar-refractivity contribution < 1.29 is 14.6 Å². The fourth-order valence-corrected chi connectivity index (χ4v) is 2.18. The van der Waals surface area contributed by atoms with Crippen LogP contribution >= 0.6 is 0 Å². The summed E-state index contributed by atoms with van der Waals surface area (Å²) in [5, 5.41) is 13.4. The molecule has 112 valence electrons. The second-order valence-corrected chi connectivity index (χ2v) is 5.12. The SMILES string of the molecule is Cc1nn(-c2ncccc2OC(C)C)c(C)c1CC(=O)O. The van der Waals surface area contributed by atoms with Crippen molar-refractivity contribution in [2.24, 2.45) is 0 Å². The monoisotopic (exact) mass is 289 g/mol. The maximum Gasteiger partial charge on any atom is 0.307 e. The van der Waals surface area contributed by atoms with Gasteiger partial charge in [0.05, 0.1) is 18.2 Å². The normalized spacial score (nSPS) is 10.9. The first-order valence-electron chi connectivity index (χ1n) is 6.79. The third-order valence-corrected chi connectivity index (χ3v) is 3.08. The van der Waals surface area contributed by atoms with E-state index in [0.29, 0.717) is 22.8 Å². The van der Waals surface area contributed by atoms with E-state index in [1.165, 1.54) is 0 Å². The molecule has 0 aromatic carbocycles. The molecule has 0 bridgehead atoms. The first-order valence-corrected chi connectivity index (χ1v) is 6.79. The van der Waals surface area contributed by atoms with Crippen LogP contribution in [-0.4, -0.2) is 31.9 Å². The topological polar surface area (TPSA) is 77.2 Å². The fourth-order valence-electron chi connectivity index (χ4n) is 2.18. The van der Waals surface area contributed by atoms with E-state index < -0.39 is 5.97 Å². The quantitative estimate of drug-likeness (QED) is 0.913. The summed E-state index contributed by atoms with van der Waals surface area (Å²) >= 11 is 0. The van der Waals surface area contributed by atoms with Crippen molar-refractivity contribution in [2.45, 2.75) is 40.2 Å². The summed E-state index contributed by atoms with van der Waals surface area (Å²) in [6, 6.07) is 3.63. The average Bonchev–Trinajstić information content (AvgIpc) is 2.66. The van der Waals surface area contributed by atoms with Crippen LogP contribution in [0.25, 0.3) is 5.82 Å². The highest BCUT2D eigenvalue weighted by Gasteiger charge is 2.18. The predicted octanol–water partition coefficient (Wildman–Crippen LogP) is 2.30. The van der Waals surface area contributed by atoms with Crippen molar-refractivity contribution >= 4 is 5.97 Å². The summed E-state index contributed by atoms with van der Waals surface area (Å²) in [6.45, 7) is 7.52. The van der Waals surface area contributed by atoms with Gasteiger partial charge in [0, 0.05) is 17.5 Å². The molecule has 0 fully saturated rings. The molecule has 0 radical (unpaired) electrons. The number of hydrogen-bond donors (Lipinski definition) is 1. The Balaban J connectivity index is 2.50. The van der Waals surface area contributed by atoms with Crippen LogP contribution in [0.4, 0.5) is 0 Å². The number of ether oxygens (including phenoxy) is 1. The van der Waals surface area contributed by atoms with Gasteiger partial charge >= 0.3 is 5.97 Å². The van der Waals surface area contributed by atoms with Gasteiger partial charge in [0.1, 0.15) is 0 Å². The summed E-state index contributed by atoms with van der Waals surface area (Å²) < 4.78 is 7.39. The van der Waals surface area contributed by atoms with Crippen molar-refractivity contribution in [2.75, 3.05) is 0 Å². The first kappa shape index (κ1) is 15.0. The van der Waals surface area contributed by atoms with E-state index in [2.05, 4.69) is 10.1 Å². The smallest absolute Gasteiger partial charge is 0.307 e. The minimum Gasteiger partial charge on any atom is -0.487 e. The number of nitrogens with zero attached hydrogens (tertiary/aromatic N) is 3. The molecule has 0 saturated carbocycles. The molecule has 6 nitrogen and oxygen atoms in total. The van der Waals surface area contributed by atoms with Crippen LogP contribution in [0.3, 0.4) is 0 Å². The largest absolute Gasteiger partial charge is 0.487 e. The lowest BCUT2D eigenvalue weighted by atomic mass is 10.1. The van der Waals surface area contributed by atoms with Crippen molar-refractivity contribution in [3.8, 4) is 11.6 Å². The van der Waals surface area contributed by atoms with Crippen LogP contribution in [0, 0.1) is 13.8 Å². The molecule has 0 atom stereocenters. The van der Waals surface area contributed by atoms with E-state index in [1.807, 2.05) is 26.8 Å². The van der Waals surface area contributed by atoms with Gasteiger partial charge in [-0.1, -0.05) is 0 Å². The van der Waals surface area contributed by atoms with Gasteiger partial charge in [-0.3, -0.25) is 4.79 Å². The number of carboxylic acid groups (broad SMARTS) is 1. The van der Waals surface area contributed by atoms with Gasteiger partial charge in [0.2, 0.25) is 0 Å². The molecule has 0 aliphatic carbocycles. The molecule has 2 heterocycles. The van der Waals surface area contributed by atoms with Crippen molar-refractivity contribution in [1.82, 2.24) is 14.8 Å². The molecule has 6 heteroatoms. The standard InChI is InChI=1S/C15H19N3O3/c1-9(2)21-13-6-5-7-16-15(13)18-11(4)12(8-14(19)20)10(3)17-18/h5-7,9H,8H2,1-4H3,(H,19,20). The van der Waals surface area contributed by atoms with E-state index in [9.17, 15) is 4.79 Å². The summed E-state index contributed by atoms with van der Waals surface area (Å²) in [5.41, 5.74) is 2.17. The third-order valence-electron chi connectivity index (χ3n) is 3.08. The van der Waals surface area contributed by atoms with Crippen molar-refractivity contribution in [1.29, 1.82) is 0 Å². The Morgan fingerprint density at radius 3 is 2.76 bits per heavy atom. The Morgan fingerprint density at radius 2 is 2.14 bits per heavy atom. The predicted molar refractivity (Wildman–Crippen MR) is 77.9 cm³/mol. The van der Waals surface area contributed by atoms with E-state index in [1.54, 1.807) is 23.9 Å². The van der Waals surface area contributed by atoms with E-state index in [0.717, 1.165) is 5.69 Å². The van der Waals surface area contributed by atoms with E-state index in [-0.39, 0.29) is 12.5 Å². The molecule has 1 N–H and O–H groups in total. The van der Waals surface area contributed by atoms with Gasteiger partial charge < -0.3 is 9.84 Å². The van der Waals surface area contributed by atoms with Gasteiger partial charge in [-0.15, -0.1) is 0 Å². The molecular formula is C15H19N3O3. The Kier molecular flexibility index (Phi) is 4.26. The maximum absolute atomic E-state index is 11.0. The summed E-state index contributed by atoms with van der Waals surface area (Å²) in [7, 11) is 0. The van der Waals surface area contributed by atoms with Gasteiger partial charge in [0.25, 0.3) is 0 Å². The summed E-state index contributed by atoms with van der Waals surface area (Å²) in [4.78, 5) is 15.3. The van der Waals surface area contributed by atoms with E-state index in [4.69, 9.17) is 9.84 Å². The second-order valence-electron chi connectivity index (χ2n) is 5.12. The molecule has 0 spiro atoms. The molecule has 0 unspecified atom stereocenters. The number of aromatic nitrogens is 3. The van der Waals surface area contributed by atoms with Crippen LogP contribution < -0.4 is 4.74 Å². The molecule has 2 aromatic rings. The Bertz CT molecular complexity index is 662. The lowest BCUT2D eigenvalue weighted by Gasteiger charge is -2.14. The fraction of sp³-hybridized carbons (Fsp3) is 0.400. The Labute approximate surface area is 123 Å². The number of pyridine rings is 1. The molecule has 0 aliphatic heterocycles. The van der Waals surface area contributed by atoms with Crippen LogP contribution in [0.2, 0.25) is 0 Å². The highest BCUT2D eigenvalue weighted by Crippen LogP contribution is 2.24. The zero-order valence-corrected chi connectivity index (χ0v) is 12.6. The highest BCUT2D eigenvalue weighted by molar-refractivity contribution is 5.71. The lowest BCUT2D eigenvalue weighted by Crippen LogP contribution is -2.11. The number of carboxylic acids is 1. The minimum atomic E-state index is -0.875. The Hall–Kier alpha value is -2.37. The molecular weight excluding hydrogens is 270 g/mol. The van der Waals surface area contributed by atoms with E-state index >= 15 is 0 Å². The number of hydrogen-bond acceptors (Lipinski definition) is 4. The molecule has 21 heavy (non-hydrogen) atoms. The lowest BCUT2D eigenvalue weighted by molar-refractivity contribution is -0.136. The number of rotatable bonds is 5. The number of carbonyl (C=O) groups is 1. The number of aryl methyl sites for hydroxylation is 1. The molecule has 0 amide bonds. The highest BCUT2D eigenvalue weighted by atomic mass is 16.5. The summed E-state index contributed by atoms with van der Waals surface area (Å²) in [6.07, 6.45) is 1.63. The van der Waals surface area contributed by atoms with Gasteiger partial charge in [-0.2, -0.15) is 5.10 Å².